The first-order chi connectivity index (χ1) is 9.65. The lowest BCUT2D eigenvalue weighted by Crippen LogP contribution is -2.56. The quantitative estimate of drug-likeness (QED) is 0.819. The summed E-state index contributed by atoms with van der Waals surface area (Å²) in [4.78, 5) is 11.4. The maximum absolute atomic E-state index is 12.7. The number of nitrogens with zero attached hydrogens (tertiary/aromatic N) is 2. The first-order valence-electron chi connectivity index (χ1n) is 7.29. The summed E-state index contributed by atoms with van der Waals surface area (Å²) in [5, 5.41) is 9.32. The Morgan fingerprint density at radius 2 is 1.81 bits per heavy atom. The monoisotopic (exact) mass is 320 g/mol. The third-order valence-electron chi connectivity index (χ3n) is 4.22. The third-order valence-corrected chi connectivity index (χ3v) is 6.13. The van der Waals surface area contributed by atoms with E-state index in [1.165, 1.54) is 8.61 Å². The van der Waals surface area contributed by atoms with Gasteiger partial charge in [-0.05, 0) is 33.6 Å². The van der Waals surface area contributed by atoms with Crippen molar-refractivity contribution in [3.05, 3.63) is 0 Å². The minimum Gasteiger partial charge on any atom is -0.481 e. The first kappa shape index (κ1) is 16.7. The number of aliphatic carboxylic acids is 1. The van der Waals surface area contributed by atoms with Gasteiger partial charge in [0.1, 0.15) is 0 Å². The largest absolute Gasteiger partial charge is 0.481 e. The smallest absolute Gasteiger partial charge is 0.310 e. The Labute approximate surface area is 126 Å². The minimum atomic E-state index is -3.63. The molecule has 0 aromatic heterocycles. The van der Waals surface area contributed by atoms with E-state index in [-0.39, 0.29) is 18.8 Å². The summed E-state index contributed by atoms with van der Waals surface area (Å²) in [5.41, 5.74) is -1.01. The summed E-state index contributed by atoms with van der Waals surface area (Å²) in [6.45, 7) is 6.34. The van der Waals surface area contributed by atoms with Gasteiger partial charge in [-0.25, -0.2) is 0 Å². The van der Waals surface area contributed by atoms with Gasteiger partial charge in [-0.3, -0.25) is 4.79 Å². The van der Waals surface area contributed by atoms with Crippen LogP contribution in [0.2, 0.25) is 0 Å². The number of piperidine rings is 1. The second kappa shape index (κ2) is 5.83. The number of hydrogen-bond donors (Lipinski definition) is 1. The van der Waals surface area contributed by atoms with Crippen molar-refractivity contribution < 1.29 is 23.1 Å². The van der Waals surface area contributed by atoms with E-state index in [0.717, 1.165) is 0 Å². The highest BCUT2D eigenvalue weighted by Gasteiger charge is 2.44. The van der Waals surface area contributed by atoms with Gasteiger partial charge in [0.25, 0.3) is 10.2 Å². The molecule has 2 heterocycles. The Morgan fingerprint density at radius 1 is 1.24 bits per heavy atom. The van der Waals surface area contributed by atoms with Crippen molar-refractivity contribution in [1.29, 1.82) is 0 Å². The molecule has 2 aliphatic rings. The van der Waals surface area contributed by atoms with Gasteiger partial charge in [0.2, 0.25) is 0 Å². The maximum atomic E-state index is 12.7. The highest BCUT2D eigenvalue weighted by atomic mass is 32.2. The molecule has 0 aromatic rings. The minimum absolute atomic E-state index is 0.0325. The molecule has 0 bridgehead atoms. The average molecular weight is 320 g/mol. The number of ether oxygens (including phenoxy) is 1. The van der Waals surface area contributed by atoms with Crippen LogP contribution in [-0.2, 0) is 19.7 Å². The van der Waals surface area contributed by atoms with E-state index in [1.54, 1.807) is 6.92 Å². The molecule has 0 amide bonds. The van der Waals surface area contributed by atoms with Gasteiger partial charge in [0.15, 0.2) is 0 Å². The van der Waals surface area contributed by atoms with Crippen LogP contribution in [0.3, 0.4) is 0 Å². The van der Waals surface area contributed by atoms with E-state index >= 15 is 0 Å². The van der Waals surface area contributed by atoms with Gasteiger partial charge in [-0.2, -0.15) is 17.0 Å². The van der Waals surface area contributed by atoms with Crippen LogP contribution in [0.25, 0.3) is 0 Å². The predicted molar refractivity (Wildman–Crippen MR) is 77.1 cm³/mol. The molecular formula is C13H24N2O5S. The zero-order valence-corrected chi connectivity index (χ0v) is 13.6. The predicted octanol–water partition coefficient (Wildman–Crippen LogP) is 0.527. The zero-order chi connectivity index (χ0) is 15.8. The summed E-state index contributed by atoms with van der Waals surface area (Å²) in [7, 11) is -3.63. The molecule has 2 saturated heterocycles. The molecule has 3 unspecified atom stereocenters. The summed E-state index contributed by atoms with van der Waals surface area (Å²) in [5.74, 6) is -0.939. The number of carbonyl (C=O) groups is 1. The molecular weight excluding hydrogens is 296 g/mol. The molecule has 122 valence electrons. The maximum Gasteiger partial charge on any atom is 0.310 e. The van der Waals surface area contributed by atoms with Crippen molar-refractivity contribution in [2.24, 2.45) is 5.41 Å². The Kier molecular flexibility index (Phi) is 4.63. The molecule has 2 fully saturated rings. The molecule has 0 aliphatic carbocycles. The molecule has 8 heteroatoms. The summed E-state index contributed by atoms with van der Waals surface area (Å²) in [6, 6.07) is 0. The molecule has 2 aliphatic heterocycles. The van der Waals surface area contributed by atoms with Gasteiger partial charge in [-0.1, -0.05) is 0 Å². The lowest BCUT2D eigenvalue weighted by Gasteiger charge is -2.41. The van der Waals surface area contributed by atoms with Crippen LogP contribution in [-0.4, -0.2) is 66.5 Å². The SMILES string of the molecule is CC1CN(S(=O)(=O)N2CCCC(C)(C(=O)O)C2)CC(C)O1. The van der Waals surface area contributed by atoms with Crippen LogP contribution in [0.4, 0.5) is 0 Å². The van der Waals surface area contributed by atoms with Crippen molar-refractivity contribution in [2.75, 3.05) is 26.2 Å². The van der Waals surface area contributed by atoms with E-state index in [1.807, 2.05) is 13.8 Å². The van der Waals surface area contributed by atoms with Gasteiger partial charge < -0.3 is 9.84 Å². The zero-order valence-electron chi connectivity index (χ0n) is 12.8. The number of rotatable bonds is 3. The molecule has 2 rings (SSSR count). The molecule has 3 atom stereocenters. The Hall–Kier alpha value is -0.700. The lowest BCUT2D eigenvalue weighted by atomic mass is 9.83. The van der Waals surface area contributed by atoms with E-state index in [2.05, 4.69) is 0 Å². The van der Waals surface area contributed by atoms with Crippen LogP contribution in [0, 0.1) is 5.41 Å². The Bertz CT molecular complexity index is 499. The van der Waals surface area contributed by atoms with Crippen LogP contribution >= 0.6 is 0 Å². The third kappa shape index (κ3) is 3.39. The molecule has 0 saturated carbocycles. The van der Waals surface area contributed by atoms with Crippen molar-refractivity contribution in [3.8, 4) is 0 Å². The molecule has 1 N–H and O–H groups in total. The Balaban J connectivity index is 2.17. The normalized spacial score (nSPS) is 36.5. The van der Waals surface area contributed by atoms with Gasteiger partial charge in [0, 0.05) is 26.2 Å². The fraction of sp³-hybridized carbons (Fsp3) is 0.923. The van der Waals surface area contributed by atoms with Crippen molar-refractivity contribution in [3.63, 3.8) is 0 Å². The van der Waals surface area contributed by atoms with Crippen LogP contribution in [0.5, 0.6) is 0 Å². The van der Waals surface area contributed by atoms with Crippen molar-refractivity contribution in [1.82, 2.24) is 8.61 Å². The number of carboxylic acids is 1. The summed E-state index contributed by atoms with van der Waals surface area (Å²) < 4.78 is 33.8. The van der Waals surface area contributed by atoms with Crippen molar-refractivity contribution in [2.45, 2.75) is 45.8 Å². The second-order valence-electron chi connectivity index (χ2n) is 6.38. The molecule has 0 aromatic carbocycles. The average Bonchev–Trinajstić information content (AvgIpc) is 2.37. The fourth-order valence-corrected chi connectivity index (χ4v) is 4.98. The number of carboxylic acid groups (broad SMARTS) is 1. The Morgan fingerprint density at radius 3 is 2.33 bits per heavy atom. The van der Waals surface area contributed by atoms with E-state index in [9.17, 15) is 18.3 Å². The second-order valence-corrected chi connectivity index (χ2v) is 8.31. The molecule has 0 spiro atoms. The van der Waals surface area contributed by atoms with Gasteiger partial charge in [-0.15, -0.1) is 0 Å². The standard InChI is InChI=1S/C13H24N2O5S/c1-10-7-15(8-11(2)20-10)21(18,19)14-6-4-5-13(3,9-14)12(16)17/h10-11H,4-9H2,1-3H3,(H,16,17). The van der Waals surface area contributed by atoms with Gasteiger partial charge >= 0.3 is 5.97 Å². The fourth-order valence-electron chi connectivity index (χ4n) is 3.05. The molecule has 21 heavy (non-hydrogen) atoms. The number of morpholine rings is 1. The van der Waals surface area contributed by atoms with Crippen LogP contribution in [0.1, 0.15) is 33.6 Å². The molecule has 7 nitrogen and oxygen atoms in total. The van der Waals surface area contributed by atoms with Gasteiger partial charge in [0.05, 0.1) is 17.6 Å². The highest BCUT2D eigenvalue weighted by Crippen LogP contribution is 2.32. The van der Waals surface area contributed by atoms with Crippen LogP contribution < -0.4 is 0 Å². The van der Waals surface area contributed by atoms with Crippen LogP contribution in [0.15, 0.2) is 0 Å². The van der Waals surface area contributed by atoms with E-state index < -0.39 is 21.6 Å². The van der Waals surface area contributed by atoms with Crippen molar-refractivity contribution >= 4 is 16.2 Å². The first-order valence-corrected chi connectivity index (χ1v) is 8.69. The van der Waals surface area contributed by atoms with E-state index in [4.69, 9.17) is 4.74 Å². The summed E-state index contributed by atoms with van der Waals surface area (Å²) in [6.07, 6.45) is 0.764. The lowest BCUT2D eigenvalue weighted by molar-refractivity contribution is -0.150. The number of hydrogen-bond acceptors (Lipinski definition) is 4. The van der Waals surface area contributed by atoms with E-state index in [0.29, 0.717) is 32.5 Å². The molecule has 0 radical (unpaired) electrons. The summed E-state index contributed by atoms with van der Waals surface area (Å²) >= 11 is 0. The topological polar surface area (TPSA) is 87.2 Å². The highest BCUT2D eigenvalue weighted by molar-refractivity contribution is 7.86.